The smallest absolute Gasteiger partial charge is 0.142 e. The number of aryl methyl sites for hydroxylation is 1. The first-order valence-corrected chi connectivity index (χ1v) is 7.60. The van der Waals surface area contributed by atoms with Crippen LogP contribution in [0.15, 0.2) is 24.3 Å². The third kappa shape index (κ3) is 2.50. The zero-order chi connectivity index (χ0) is 15.5. The molecule has 1 aliphatic rings. The molecule has 2 aromatic rings. The van der Waals surface area contributed by atoms with E-state index in [0.717, 1.165) is 48.3 Å². The maximum atomic E-state index is 9.54. The third-order valence-electron chi connectivity index (χ3n) is 4.24. The Bertz CT molecular complexity index is 729. The molecule has 22 heavy (non-hydrogen) atoms. The number of pyridine rings is 1. The largest absolute Gasteiger partial charge is 0.497 e. The van der Waals surface area contributed by atoms with Gasteiger partial charge >= 0.3 is 0 Å². The molecule has 0 unspecified atom stereocenters. The zero-order valence-corrected chi connectivity index (χ0v) is 12.7. The first-order chi connectivity index (χ1) is 10.7. The summed E-state index contributed by atoms with van der Waals surface area (Å²) >= 11 is 0. The number of benzene rings is 1. The number of ether oxygens (including phenoxy) is 1. The molecular weight excluding hydrogens is 274 g/mol. The van der Waals surface area contributed by atoms with Crippen molar-refractivity contribution in [3.8, 4) is 22.9 Å². The van der Waals surface area contributed by atoms with Gasteiger partial charge in [-0.3, -0.25) is 0 Å². The van der Waals surface area contributed by atoms with Gasteiger partial charge in [0.2, 0.25) is 0 Å². The Morgan fingerprint density at radius 3 is 2.55 bits per heavy atom. The lowest BCUT2D eigenvalue weighted by Gasteiger charge is -2.16. The lowest BCUT2D eigenvalue weighted by molar-refractivity contribution is 0.415. The summed E-state index contributed by atoms with van der Waals surface area (Å²) in [6.07, 6.45) is 5.35. The van der Waals surface area contributed by atoms with Crippen molar-refractivity contribution in [3.05, 3.63) is 41.1 Å². The number of rotatable bonds is 2. The van der Waals surface area contributed by atoms with E-state index in [-0.39, 0.29) is 0 Å². The van der Waals surface area contributed by atoms with Crippen molar-refractivity contribution >= 4 is 5.82 Å². The van der Waals surface area contributed by atoms with Gasteiger partial charge < -0.3 is 10.5 Å². The van der Waals surface area contributed by atoms with Crippen molar-refractivity contribution in [2.75, 3.05) is 12.8 Å². The molecule has 0 radical (unpaired) electrons. The fraction of sp³-hybridized carbons (Fsp3) is 0.333. The summed E-state index contributed by atoms with van der Waals surface area (Å²) in [6, 6.07) is 10.0. The Kier molecular flexibility index (Phi) is 3.97. The van der Waals surface area contributed by atoms with Crippen LogP contribution in [0.3, 0.4) is 0 Å². The van der Waals surface area contributed by atoms with Crippen LogP contribution >= 0.6 is 0 Å². The average Bonchev–Trinajstić information content (AvgIpc) is 2.78. The summed E-state index contributed by atoms with van der Waals surface area (Å²) in [4.78, 5) is 4.49. The van der Waals surface area contributed by atoms with Gasteiger partial charge in [0.15, 0.2) is 0 Å². The number of nitrogens with two attached hydrogens (primary N) is 1. The highest BCUT2D eigenvalue weighted by molar-refractivity contribution is 5.79. The summed E-state index contributed by atoms with van der Waals surface area (Å²) in [5.41, 5.74) is 10.7. The minimum absolute atomic E-state index is 0.342. The van der Waals surface area contributed by atoms with Crippen LogP contribution in [0.1, 0.15) is 36.1 Å². The van der Waals surface area contributed by atoms with E-state index < -0.39 is 0 Å². The minimum atomic E-state index is 0.342. The predicted octanol–water partition coefficient (Wildman–Crippen LogP) is 3.48. The second kappa shape index (κ2) is 6.07. The van der Waals surface area contributed by atoms with Crippen LogP contribution in [0.25, 0.3) is 11.1 Å². The van der Waals surface area contributed by atoms with Gasteiger partial charge in [0.05, 0.1) is 7.11 Å². The summed E-state index contributed by atoms with van der Waals surface area (Å²) in [6.45, 7) is 0. The lowest BCUT2D eigenvalue weighted by Crippen LogP contribution is -2.06. The van der Waals surface area contributed by atoms with E-state index in [1.165, 1.54) is 12.0 Å². The summed E-state index contributed by atoms with van der Waals surface area (Å²) in [5.74, 6) is 1.14. The monoisotopic (exact) mass is 293 g/mol. The van der Waals surface area contributed by atoms with Crippen LogP contribution in [0.4, 0.5) is 5.82 Å². The van der Waals surface area contributed by atoms with Gasteiger partial charge in [-0.25, -0.2) is 4.98 Å². The van der Waals surface area contributed by atoms with Gasteiger partial charge in [-0.2, -0.15) is 5.26 Å². The number of hydrogen-bond acceptors (Lipinski definition) is 4. The standard InChI is InChI=1S/C18H19N3O/c1-22-13-9-7-12(8-10-13)17-14-5-3-2-4-6-16(14)21-18(20)15(17)11-19/h7-10H,2-6H2,1H3,(H2,20,21). The summed E-state index contributed by atoms with van der Waals surface area (Å²) in [5, 5.41) is 9.54. The number of hydrogen-bond donors (Lipinski definition) is 1. The van der Waals surface area contributed by atoms with Gasteiger partial charge in [0.1, 0.15) is 23.2 Å². The first-order valence-electron chi connectivity index (χ1n) is 7.60. The van der Waals surface area contributed by atoms with E-state index in [1.807, 2.05) is 24.3 Å². The maximum absolute atomic E-state index is 9.54. The van der Waals surface area contributed by atoms with Gasteiger partial charge in [-0.1, -0.05) is 18.6 Å². The quantitative estimate of drug-likeness (QED) is 0.860. The molecule has 4 heteroatoms. The Morgan fingerprint density at radius 1 is 1.14 bits per heavy atom. The van der Waals surface area contributed by atoms with Crippen molar-refractivity contribution in [2.45, 2.75) is 32.1 Å². The molecule has 0 spiro atoms. The Labute approximate surface area is 130 Å². The van der Waals surface area contributed by atoms with E-state index in [4.69, 9.17) is 10.5 Å². The van der Waals surface area contributed by atoms with Crippen LogP contribution < -0.4 is 10.5 Å². The molecule has 4 nitrogen and oxygen atoms in total. The van der Waals surface area contributed by atoms with E-state index in [9.17, 15) is 5.26 Å². The molecular formula is C18H19N3O. The van der Waals surface area contributed by atoms with Crippen molar-refractivity contribution < 1.29 is 4.74 Å². The molecule has 1 aromatic heterocycles. The molecule has 1 aliphatic carbocycles. The van der Waals surface area contributed by atoms with Crippen molar-refractivity contribution in [1.29, 1.82) is 5.26 Å². The number of nitrogens with zero attached hydrogens (tertiary/aromatic N) is 2. The Morgan fingerprint density at radius 2 is 1.86 bits per heavy atom. The molecule has 0 amide bonds. The highest BCUT2D eigenvalue weighted by Gasteiger charge is 2.21. The van der Waals surface area contributed by atoms with Crippen molar-refractivity contribution in [3.63, 3.8) is 0 Å². The van der Waals surface area contributed by atoms with E-state index >= 15 is 0 Å². The molecule has 1 heterocycles. The normalized spacial score (nSPS) is 13.8. The predicted molar refractivity (Wildman–Crippen MR) is 86.6 cm³/mol. The molecule has 0 saturated carbocycles. The second-order valence-electron chi connectivity index (χ2n) is 5.57. The minimum Gasteiger partial charge on any atom is -0.497 e. The molecule has 0 atom stereocenters. The molecule has 0 saturated heterocycles. The fourth-order valence-corrected chi connectivity index (χ4v) is 3.13. The number of nitriles is 1. The maximum Gasteiger partial charge on any atom is 0.142 e. The number of aromatic nitrogens is 1. The van der Waals surface area contributed by atoms with E-state index in [1.54, 1.807) is 7.11 Å². The number of anilines is 1. The van der Waals surface area contributed by atoms with Gasteiger partial charge in [0.25, 0.3) is 0 Å². The third-order valence-corrected chi connectivity index (χ3v) is 4.24. The highest BCUT2D eigenvalue weighted by Crippen LogP contribution is 2.35. The number of methoxy groups -OCH3 is 1. The molecule has 0 bridgehead atoms. The molecule has 2 N–H and O–H groups in total. The molecule has 0 fully saturated rings. The number of nitrogen functional groups attached to an aromatic ring is 1. The zero-order valence-electron chi connectivity index (χ0n) is 12.7. The van der Waals surface area contributed by atoms with Crippen molar-refractivity contribution in [2.24, 2.45) is 0 Å². The molecule has 0 aliphatic heterocycles. The fourth-order valence-electron chi connectivity index (χ4n) is 3.13. The Balaban J connectivity index is 2.23. The van der Waals surface area contributed by atoms with E-state index in [2.05, 4.69) is 11.1 Å². The topological polar surface area (TPSA) is 71.9 Å². The van der Waals surface area contributed by atoms with Crippen LogP contribution in [0.5, 0.6) is 5.75 Å². The van der Waals surface area contributed by atoms with E-state index in [0.29, 0.717) is 11.4 Å². The summed E-state index contributed by atoms with van der Waals surface area (Å²) in [7, 11) is 1.65. The van der Waals surface area contributed by atoms with Gasteiger partial charge in [0, 0.05) is 11.3 Å². The first kappa shape index (κ1) is 14.4. The van der Waals surface area contributed by atoms with Crippen molar-refractivity contribution in [1.82, 2.24) is 4.98 Å². The number of fused-ring (bicyclic) bond motifs is 1. The van der Waals surface area contributed by atoms with Gasteiger partial charge in [-0.15, -0.1) is 0 Å². The van der Waals surface area contributed by atoms with Gasteiger partial charge in [-0.05, 0) is 48.9 Å². The van der Waals surface area contributed by atoms with Crippen LogP contribution in [0, 0.1) is 11.3 Å². The SMILES string of the molecule is COc1ccc(-c2c(C#N)c(N)nc3c2CCCCC3)cc1. The average molecular weight is 293 g/mol. The summed E-state index contributed by atoms with van der Waals surface area (Å²) < 4.78 is 5.22. The van der Waals surface area contributed by atoms with Crippen LogP contribution in [-0.2, 0) is 12.8 Å². The van der Waals surface area contributed by atoms with Crippen LogP contribution in [0.2, 0.25) is 0 Å². The molecule has 112 valence electrons. The Hall–Kier alpha value is -2.54. The molecule has 3 rings (SSSR count). The van der Waals surface area contributed by atoms with Crippen LogP contribution in [-0.4, -0.2) is 12.1 Å². The second-order valence-corrected chi connectivity index (χ2v) is 5.57. The lowest BCUT2D eigenvalue weighted by atomic mass is 9.92. The molecule has 1 aromatic carbocycles. The highest BCUT2D eigenvalue weighted by atomic mass is 16.5.